The maximum Gasteiger partial charge on any atom is 0.128 e. The molecular formula is C15H26N4. The number of hydrogen-bond donors (Lipinski definition) is 1. The van der Waals surface area contributed by atoms with Crippen molar-refractivity contribution in [2.75, 3.05) is 51.2 Å². The van der Waals surface area contributed by atoms with Crippen LogP contribution in [-0.4, -0.2) is 56.2 Å². The highest BCUT2D eigenvalue weighted by molar-refractivity contribution is 5.36. The van der Waals surface area contributed by atoms with Crippen molar-refractivity contribution in [3.63, 3.8) is 0 Å². The summed E-state index contributed by atoms with van der Waals surface area (Å²) in [6.45, 7) is 11.4. The third-order valence-corrected chi connectivity index (χ3v) is 3.57. The van der Waals surface area contributed by atoms with Gasteiger partial charge in [0.2, 0.25) is 0 Å². The minimum atomic E-state index is 0.267. The predicted molar refractivity (Wildman–Crippen MR) is 80.6 cm³/mol. The fourth-order valence-electron chi connectivity index (χ4n) is 2.83. The van der Waals surface area contributed by atoms with Crippen LogP contribution in [0.15, 0.2) is 24.4 Å². The van der Waals surface area contributed by atoms with Crippen LogP contribution in [0.25, 0.3) is 0 Å². The highest BCUT2D eigenvalue weighted by atomic mass is 15.2. The van der Waals surface area contributed by atoms with Gasteiger partial charge in [-0.2, -0.15) is 0 Å². The second-order valence-corrected chi connectivity index (χ2v) is 6.23. The van der Waals surface area contributed by atoms with Crippen LogP contribution < -0.4 is 10.2 Å². The third-order valence-electron chi connectivity index (χ3n) is 3.57. The SMILES string of the molecule is CN(CC(C)(C)CN1CCNCC1)c1ccccn1. The molecule has 1 aromatic rings. The van der Waals surface area contributed by atoms with Gasteiger partial charge in [0.15, 0.2) is 0 Å². The molecule has 1 fully saturated rings. The van der Waals surface area contributed by atoms with E-state index >= 15 is 0 Å². The molecule has 1 aromatic heterocycles. The average Bonchev–Trinajstić information content (AvgIpc) is 2.39. The summed E-state index contributed by atoms with van der Waals surface area (Å²) in [5.74, 6) is 1.05. The second-order valence-electron chi connectivity index (χ2n) is 6.23. The van der Waals surface area contributed by atoms with Crippen molar-refractivity contribution in [1.29, 1.82) is 0 Å². The Kier molecular flexibility index (Phi) is 4.77. The molecule has 1 aliphatic heterocycles. The Morgan fingerprint density at radius 2 is 2.05 bits per heavy atom. The molecule has 19 heavy (non-hydrogen) atoms. The molecule has 2 heterocycles. The summed E-state index contributed by atoms with van der Waals surface area (Å²) in [6, 6.07) is 6.08. The maximum atomic E-state index is 4.41. The zero-order valence-corrected chi connectivity index (χ0v) is 12.4. The third kappa shape index (κ3) is 4.48. The Hall–Kier alpha value is -1.13. The van der Waals surface area contributed by atoms with Crippen molar-refractivity contribution in [2.45, 2.75) is 13.8 Å². The molecule has 0 radical (unpaired) electrons. The topological polar surface area (TPSA) is 31.4 Å². The van der Waals surface area contributed by atoms with E-state index in [-0.39, 0.29) is 5.41 Å². The van der Waals surface area contributed by atoms with E-state index in [2.05, 4.69) is 47.1 Å². The van der Waals surface area contributed by atoms with Crippen LogP contribution in [0.1, 0.15) is 13.8 Å². The molecule has 0 unspecified atom stereocenters. The number of pyridine rings is 1. The van der Waals surface area contributed by atoms with Crippen LogP contribution in [0.2, 0.25) is 0 Å². The Balaban J connectivity index is 1.88. The Morgan fingerprint density at radius 3 is 2.68 bits per heavy atom. The molecular weight excluding hydrogens is 236 g/mol. The van der Waals surface area contributed by atoms with Gasteiger partial charge in [-0.25, -0.2) is 4.98 Å². The van der Waals surface area contributed by atoms with Crippen molar-refractivity contribution < 1.29 is 0 Å². The van der Waals surface area contributed by atoms with Gasteiger partial charge in [-0.15, -0.1) is 0 Å². The summed E-state index contributed by atoms with van der Waals surface area (Å²) in [4.78, 5) is 9.22. The molecule has 4 nitrogen and oxygen atoms in total. The quantitative estimate of drug-likeness (QED) is 0.870. The molecule has 0 saturated carbocycles. The lowest BCUT2D eigenvalue weighted by atomic mass is 9.91. The van der Waals surface area contributed by atoms with E-state index < -0.39 is 0 Å². The first-order valence-corrected chi connectivity index (χ1v) is 7.12. The van der Waals surface area contributed by atoms with Crippen LogP contribution in [-0.2, 0) is 0 Å². The molecule has 0 amide bonds. The standard InChI is InChI=1S/C15H26N4/c1-15(2,13-19-10-8-16-9-11-19)12-18(3)14-6-4-5-7-17-14/h4-7,16H,8-13H2,1-3H3. The van der Waals surface area contributed by atoms with Crippen molar-refractivity contribution in [3.05, 3.63) is 24.4 Å². The molecule has 0 spiro atoms. The normalized spacial score (nSPS) is 17.4. The van der Waals surface area contributed by atoms with Crippen molar-refractivity contribution in [2.24, 2.45) is 5.41 Å². The van der Waals surface area contributed by atoms with E-state index in [0.29, 0.717) is 0 Å². The maximum absolute atomic E-state index is 4.41. The van der Waals surface area contributed by atoms with E-state index in [1.807, 2.05) is 18.3 Å². The van der Waals surface area contributed by atoms with Crippen LogP contribution in [0.5, 0.6) is 0 Å². The van der Waals surface area contributed by atoms with Crippen LogP contribution in [0, 0.1) is 5.41 Å². The fourth-order valence-corrected chi connectivity index (χ4v) is 2.83. The lowest BCUT2D eigenvalue weighted by molar-refractivity contribution is 0.164. The highest BCUT2D eigenvalue weighted by Crippen LogP contribution is 2.21. The van der Waals surface area contributed by atoms with Gasteiger partial charge < -0.3 is 15.1 Å². The fraction of sp³-hybridized carbons (Fsp3) is 0.667. The average molecular weight is 262 g/mol. The molecule has 1 saturated heterocycles. The van der Waals surface area contributed by atoms with Gasteiger partial charge in [-0.3, -0.25) is 0 Å². The molecule has 0 aliphatic carbocycles. The largest absolute Gasteiger partial charge is 0.359 e. The molecule has 1 N–H and O–H groups in total. The summed E-state index contributed by atoms with van der Waals surface area (Å²) in [5, 5.41) is 3.41. The van der Waals surface area contributed by atoms with Crippen molar-refractivity contribution >= 4 is 5.82 Å². The van der Waals surface area contributed by atoms with E-state index in [9.17, 15) is 0 Å². The zero-order valence-electron chi connectivity index (χ0n) is 12.4. The Bertz CT molecular complexity index is 371. The summed E-state index contributed by atoms with van der Waals surface area (Å²) in [7, 11) is 2.13. The molecule has 0 bridgehead atoms. The van der Waals surface area contributed by atoms with Gasteiger partial charge in [-0.1, -0.05) is 19.9 Å². The number of rotatable bonds is 5. The molecule has 0 aromatic carbocycles. The van der Waals surface area contributed by atoms with Gasteiger partial charge in [0.05, 0.1) is 0 Å². The highest BCUT2D eigenvalue weighted by Gasteiger charge is 2.24. The monoisotopic (exact) mass is 262 g/mol. The summed E-state index contributed by atoms with van der Waals surface area (Å²) in [5.41, 5.74) is 0.267. The van der Waals surface area contributed by atoms with E-state index in [4.69, 9.17) is 0 Å². The molecule has 106 valence electrons. The number of piperazine rings is 1. The van der Waals surface area contributed by atoms with Crippen LogP contribution in [0.4, 0.5) is 5.82 Å². The first-order valence-electron chi connectivity index (χ1n) is 7.12. The minimum Gasteiger partial charge on any atom is -0.359 e. The van der Waals surface area contributed by atoms with Crippen LogP contribution >= 0.6 is 0 Å². The number of nitrogens with one attached hydrogen (secondary N) is 1. The number of hydrogen-bond acceptors (Lipinski definition) is 4. The summed E-state index contributed by atoms with van der Waals surface area (Å²) in [6.07, 6.45) is 1.86. The molecule has 2 rings (SSSR count). The summed E-state index contributed by atoms with van der Waals surface area (Å²) >= 11 is 0. The summed E-state index contributed by atoms with van der Waals surface area (Å²) < 4.78 is 0. The first kappa shape index (κ1) is 14.3. The number of nitrogens with zero attached hydrogens (tertiary/aromatic N) is 3. The lowest BCUT2D eigenvalue weighted by Gasteiger charge is -2.37. The molecule has 4 heteroatoms. The van der Waals surface area contributed by atoms with E-state index in [1.165, 1.54) is 0 Å². The zero-order chi connectivity index (χ0) is 13.7. The van der Waals surface area contributed by atoms with Gasteiger partial charge in [0.1, 0.15) is 5.82 Å². The Morgan fingerprint density at radius 1 is 1.32 bits per heavy atom. The van der Waals surface area contributed by atoms with Gasteiger partial charge >= 0.3 is 0 Å². The predicted octanol–water partition coefficient (Wildman–Crippen LogP) is 1.45. The number of anilines is 1. The van der Waals surface area contributed by atoms with Crippen molar-refractivity contribution in [3.8, 4) is 0 Å². The lowest BCUT2D eigenvalue weighted by Crippen LogP contribution is -2.49. The Labute approximate surface area is 116 Å². The van der Waals surface area contributed by atoms with Crippen LogP contribution in [0.3, 0.4) is 0 Å². The van der Waals surface area contributed by atoms with Gasteiger partial charge in [0, 0.05) is 52.5 Å². The first-order chi connectivity index (χ1) is 9.07. The van der Waals surface area contributed by atoms with E-state index in [1.54, 1.807) is 0 Å². The van der Waals surface area contributed by atoms with Crippen molar-refractivity contribution in [1.82, 2.24) is 15.2 Å². The van der Waals surface area contributed by atoms with Gasteiger partial charge in [-0.05, 0) is 17.5 Å². The molecule has 1 aliphatic rings. The smallest absolute Gasteiger partial charge is 0.128 e. The second kappa shape index (κ2) is 6.35. The van der Waals surface area contributed by atoms with Gasteiger partial charge in [0.25, 0.3) is 0 Å². The number of aromatic nitrogens is 1. The minimum absolute atomic E-state index is 0.267. The molecule has 0 atom stereocenters. The van der Waals surface area contributed by atoms with E-state index in [0.717, 1.165) is 45.1 Å².